The average molecular weight is 370 g/mol. The summed E-state index contributed by atoms with van der Waals surface area (Å²) < 4.78 is 19.0. The Bertz CT molecular complexity index is 755. The van der Waals surface area contributed by atoms with E-state index in [0.29, 0.717) is 12.1 Å². The van der Waals surface area contributed by atoms with Crippen LogP contribution in [-0.2, 0) is 11.3 Å². The van der Waals surface area contributed by atoms with Crippen LogP contribution in [0, 0.1) is 11.7 Å². The Kier molecular flexibility index (Phi) is 6.45. The van der Waals surface area contributed by atoms with Crippen molar-refractivity contribution >= 4 is 5.91 Å². The standard InChI is InChI=1S/C22H27FN2O2/c1-16(17-7-9-20(27-2)10-8-17)24-22(26)18-11-13-25(14-12-18)15-19-5-3-4-6-21(19)23/h3-10,16,18H,11-15H2,1-2H3,(H,24,26)/t16-/m1/s1. The first-order chi connectivity index (χ1) is 13.1. The molecular weight excluding hydrogens is 343 g/mol. The van der Waals surface area contributed by atoms with Crippen molar-refractivity contribution in [1.82, 2.24) is 10.2 Å². The van der Waals surface area contributed by atoms with Crippen LogP contribution in [-0.4, -0.2) is 31.0 Å². The molecule has 1 aliphatic rings. The van der Waals surface area contributed by atoms with Crippen LogP contribution in [0.1, 0.15) is 36.9 Å². The first kappa shape index (κ1) is 19.4. The maximum atomic E-state index is 13.8. The molecule has 27 heavy (non-hydrogen) atoms. The highest BCUT2D eigenvalue weighted by Gasteiger charge is 2.26. The van der Waals surface area contributed by atoms with Crippen molar-refractivity contribution in [1.29, 1.82) is 0 Å². The number of benzene rings is 2. The molecule has 1 fully saturated rings. The van der Waals surface area contributed by atoms with Crippen LogP contribution >= 0.6 is 0 Å². The van der Waals surface area contributed by atoms with Crippen LogP contribution in [0.3, 0.4) is 0 Å². The third-order valence-electron chi connectivity index (χ3n) is 5.28. The zero-order valence-corrected chi connectivity index (χ0v) is 16.0. The van der Waals surface area contributed by atoms with Crippen molar-refractivity contribution in [2.75, 3.05) is 20.2 Å². The number of rotatable bonds is 6. The van der Waals surface area contributed by atoms with Crippen LogP contribution in [0.5, 0.6) is 5.75 Å². The molecule has 1 aliphatic heterocycles. The van der Waals surface area contributed by atoms with Crippen LogP contribution in [0.2, 0.25) is 0 Å². The Morgan fingerprint density at radius 3 is 2.48 bits per heavy atom. The van der Waals surface area contributed by atoms with E-state index in [4.69, 9.17) is 4.74 Å². The predicted octanol–water partition coefficient (Wildman–Crippen LogP) is 3.92. The van der Waals surface area contributed by atoms with Gasteiger partial charge in [0.1, 0.15) is 11.6 Å². The van der Waals surface area contributed by atoms with E-state index in [-0.39, 0.29) is 23.7 Å². The van der Waals surface area contributed by atoms with Gasteiger partial charge >= 0.3 is 0 Å². The molecule has 1 heterocycles. The molecule has 3 rings (SSSR count). The fourth-order valence-electron chi connectivity index (χ4n) is 3.53. The number of amides is 1. The molecule has 2 aromatic carbocycles. The number of methoxy groups -OCH3 is 1. The molecule has 1 atom stereocenters. The Balaban J connectivity index is 1.48. The van der Waals surface area contributed by atoms with Gasteiger partial charge in [0.05, 0.1) is 13.2 Å². The lowest BCUT2D eigenvalue weighted by Crippen LogP contribution is -2.41. The molecule has 0 aromatic heterocycles. The van der Waals surface area contributed by atoms with Gasteiger partial charge in [-0.15, -0.1) is 0 Å². The summed E-state index contributed by atoms with van der Waals surface area (Å²) in [6, 6.07) is 14.6. The molecule has 144 valence electrons. The summed E-state index contributed by atoms with van der Waals surface area (Å²) in [5.74, 6) is 0.761. The molecule has 0 unspecified atom stereocenters. The van der Waals surface area contributed by atoms with Crippen LogP contribution in [0.4, 0.5) is 4.39 Å². The highest BCUT2D eigenvalue weighted by Crippen LogP contribution is 2.22. The van der Waals surface area contributed by atoms with Crippen molar-refractivity contribution in [3.8, 4) is 5.75 Å². The first-order valence-corrected chi connectivity index (χ1v) is 9.47. The van der Waals surface area contributed by atoms with Gasteiger partial charge in [-0.25, -0.2) is 4.39 Å². The second-order valence-corrected chi connectivity index (χ2v) is 7.15. The number of piperidine rings is 1. The third-order valence-corrected chi connectivity index (χ3v) is 5.28. The highest BCUT2D eigenvalue weighted by molar-refractivity contribution is 5.79. The summed E-state index contributed by atoms with van der Waals surface area (Å²) in [5.41, 5.74) is 1.77. The number of hydrogen-bond acceptors (Lipinski definition) is 3. The fourth-order valence-corrected chi connectivity index (χ4v) is 3.53. The summed E-state index contributed by atoms with van der Waals surface area (Å²) in [5, 5.41) is 3.12. The Morgan fingerprint density at radius 1 is 1.19 bits per heavy atom. The quantitative estimate of drug-likeness (QED) is 0.838. The number of hydrogen-bond donors (Lipinski definition) is 1. The minimum atomic E-state index is -0.161. The highest BCUT2D eigenvalue weighted by atomic mass is 19.1. The predicted molar refractivity (Wildman–Crippen MR) is 104 cm³/mol. The third kappa shape index (κ3) is 5.07. The molecule has 0 bridgehead atoms. The van der Waals surface area contributed by atoms with E-state index in [1.165, 1.54) is 6.07 Å². The lowest BCUT2D eigenvalue weighted by atomic mass is 9.94. The largest absolute Gasteiger partial charge is 0.497 e. The van der Waals surface area contributed by atoms with Crippen molar-refractivity contribution in [2.24, 2.45) is 5.92 Å². The second kappa shape index (κ2) is 9.00. The van der Waals surface area contributed by atoms with E-state index >= 15 is 0 Å². The smallest absolute Gasteiger partial charge is 0.223 e. The molecule has 0 saturated carbocycles. The molecule has 1 saturated heterocycles. The number of carbonyl (C=O) groups excluding carboxylic acids is 1. The lowest BCUT2D eigenvalue weighted by Gasteiger charge is -2.32. The Labute approximate surface area is 160 Å². The number of ether oxygens (including phenoxy) is 1. The summed E-state index contributed by atoms with van der Waals surface area (Å²) >= 11 is 0. The van der Waals surface area contributed by atoms with Crippen molar-refractivity contribution < 1.29 is 13.9 Å². The van der Waals surface area contributed by atoms with Gasteiger partial charge in [-0.3, -0.25) is 9.69 Å². The van der Waals surface area contributed by atoms with Gasteiger partial charge in [0.25, 0.3) is 0 Å². The zero-order valence-electron chi connectivity index (χ0n) is 16.0. The Morgan fingerprint density at radius 2 is 1.85 bits per heavy atom. The normalized spacial score (nSPS) is 16.7. The molecule has 2 aromatic rings. The van der Waals surface area contributed by atoms with Crippen molar-refractivity contribution in [3.63, 3.8) is 0 Å². The molecule has 4 nitrogen and oxygen atoms in total. The van der Waals surface area contributed by atoms with E-state index in [1.54, 1.807) is 13.2 Å². The lowest BCUT2D eigenvalue weighted by molar-refractivity contribution is -0.127. The summed E-state index contributed by atoms with van der Waals surface area (Å²) in [7, 11) is 1.64. The fraction of sp³-hybridized carbons (Fsp3) is 0.409. The van der Waals surface area contributed by atoms with E-state index in [2.05, 4.69) is 10.2 Å². The van der Waals surface area contributed by atoms with Crippen molar-refractivity contribution in [2.45, 2.75) is 32.4 Å². The maximum Gasteiger partial charge on any atom is 0.223 e. The van der Waals surface area contributed by atoms with Crippen LogP contribution in [0.15, 0.2) is 48.5 Å². The Hall–Kier alpha value is -2.40. The van der Waals surface area contributed by atoms with Gasteiger partial charge in [0.15, 0.2) is 0 Å². The summed E-state index contributed by atoms with van der Waals surface area (Å²) in [6.07, 6.45) is 1.60. The van der Waals surface area contributed by atoms with Crippen molar-refractivity contribution in [3.05, 3.63) is 65.5 Å². The minimum Gasteiger partial charge on any atom is -0.497 e. The topological polar surface area (TPSA) is 41.6 Å². The molecule has 1 amide bonds. The van der Waals surface area contributed by atoms with Gasteiger partial charge in [-0.2, -0.15) is 0 Å². The monoisotopic (exact) mass is 370 g/mol. The number of likely N-dealkylation sites (tertiary alicyclic amines) is 1. The molecule has 0 aliphatic carbocycles. The molecule has 5 heteroatoms. The van der Waals surface area contributed by atoms with Gasteiger partial charge in [-0.1, -0.05) is 30.3 Å². The molecule has 0 spiro atoms. The van der Waals surface area contributed by atoms with Gasteiger partial charge in [0.2, 0.25) is 5.91 Å². The zero-order chi connectivity index (χ0) is 19.2. The van der Waals surface area contributed by atoms with Gasteiger partial charge < -0.3 is 10.1 Å². The second-order valence-electron chi connectivity index (χ2n) is 7.15. The minimum absolute atomic E-state index is 0.0163. The number of halogens is 1. The van der Waals surface area contributed by atoms with Crippen LogP contribution < -0.4 is 10.1 Å². The van der Waals surface area contributed by atoms with Gasteiger partial charge in [-0.05, 0) is 56.6 Å². The first-order valence-electron chi connectivity index (χ1n) is 9.47. The number of carbonyl (C=O) groups is 1. The van der Waals surface area contributed by atoms with E-state index < -0.39 is 0 Å². The SMILES string of the molecule is COc1ccc([C@@H](C)NC(=O)C2CCN(Cc3ccccc3F)CC2)cc1. The summed E-state index contributed by atoms with van der Waals surface area (Å²) in [4.78, 5) is 14.8. The molecule has 0 radical (unpaired) electrons. The number of nitrogens with zero attached hydrogens (tertiary/aromatic N) is 1. The summed E-state index contributed by atoms with van der Waals surface area (Å²) in [6.45, 7) is 4.21. The van der Waals surface area contributed by atoms with Gasteiger partial charge in [0, 0.05) is 18.0 Å². The maximum absolute atomic E-state index is 13.8. The van der Waals surface area contributed by atoms with E-state index in [9.17, 15) is 9.18 Å². The van der Waals surface area contributed by atoms with Crippen LogP contribution in [0.25, 0.3) is 0 Å². The average Bonchev–Trinajstić information content (AvgIpc) is 2.70. The van der Waals surface area contributed by atoms with E-state index in [0.717, 1.165) is 37.2 Å². The van der Waals surface area contributed by atoms with E-state index in [1.807, 2.05) is 43.3 Å². The number of nitrogens with one attached hydrogen (secondary N) is 1. The molecular formula is C22H27FN2O2. The molecule has 1 N–H and O–H groups in total.